The molecule has 24 heavy (non-hydrogen) atoms. The number of amides is 1. The van der Waals surface area contributed by atoms with Gasteiger partial charge in [0.1, 0.15) is 0 Å². The quantitative estimate of drug-likeness (QED) is 0.834. The number of nitrogens with zero attached hydrogens (tertiary/aromatic N) is 1. The topological polar surface area (TPSA) is 32.3 Å². The van der Waals surface area contributed by atoms with E-state index in [0.29, 0.717) is 9.21 Å². The molecule has 0 saturated carbocycles. The first kappa shape index (κ1) is 17.5. The van der Waals surface area contributed by atoms with E-state index in [0.717, 1.165) is 45.3 Å². The highest BCUT2D eigenvalue weighted by Crippen LogP contribution is 2.21. The molecular weight excluding hydrogens is 340 g/mol. The number of piperidine rings is 1. The highest BCUT2D eigenvalue weighted by Gasteiger charge is 2.22. The zero-order chi connectivity index (χ0) is 16.8. The van der Waals surface area contributed by atoms with Crippen LogP contribution in [0.25, 0.3) is 0 Å². The number of thiophene rings is 1. The molecule has 1 aromatic carbocycles. The molecule has 0 unspecified atom stereocenters. The van der Waals surface area contributed by atoms with E-state index in [1.54, 1.807) is 12.1 Å². The SMILES string of the molecule is O=C(N[C@H]1CCCN(CCCc2ccccc2)C1)c1ccc(Cl)s1. The van der Waals surface area contributed by atoms with Crippen molar-refractivity contribution < 1.29 is 4.79 Å². The van der Waals surface area contributed by atoms with Crippen LogP contribution in [0.4, 0.5) is 0 Å². The van der Waals surface area contributed by atoms with Crippen molar-refractivity contribution in [3.05, 3.63) is 57.2 Å². The summed E-state index contributed by atoms with van der Waals surface area (Å²) < 4.78 is 0.659. The first-order valence-corrected chi connectivity index (χ1v) is 9.72. The molecule has 0 bridgehead atoms. The van der Waals surface area contributed by atoms with Crippen LogP contribution >= 0.6 is 22.9 Å². The van der Waals surface area contributed by atoms with Gasteiger partial charge >= 0.3 is 0 Å². The maximum atomic E-state index is 12.3. The van der Waals surface area contributed by atoms with Gasteiger partial charge in [-0.3, -0.25) is 4.79 Å². The van der Waals surface area contributed by atoms with Crippen molar-refractivity contribution in [1.82, 2.24) is 10.2 Å². The first-order valence-electron chi connectivity index (χ1n) is 8.53. The fourth-order valence-electron chi connectivity index (χ4n) is 3.22. The van der Waals surface area contributed by atoms with Crippen molar-refractivity contribution in [1.29, 1.82) is 0 Å². The van der Waals surface area contributed by atoms with Gasteiger partial charge in [0.2, 0.25) is 0 Å². The molecule has 1 saturated heterocycles. The smallest absolute Gasteiger partial charge is 0.261 e. The standard InChI is InChI=1S/C19H23ClN2OS/c20-18-11-10-17(24-18)19(23)21-16-9-5-13-22(14-16)12-4-8-15-6-2-1-3-7-15/h1-3,6-7,10-11,16H,4-5,8-9,12-14H2,(H,21,23)/t16-/m0/s1. The van der Waals surface area contributed by atoms with Crippen LogP contribution in [-0.2, 0) is 6.42 Å². The molecule has 5 heteroatoms. The van der Waals surface area contributed by atoms with Gasteiger partial charge in [-0.1, -0.05) is 41.9 Å². The Hall–Kier alpha value is -1.36. The molecule has 1 N–H and O–H groups in total. The third-order valence-electron chi connectivity index (χ3n) is 4.42. The number of carbonyl (C=O) groups excluding carboxylic acids is 1. The Morgan fingerprint density at radius 1 is 1.25 bits per heavy atom. The molecule has 1 aromatic heterocycles. The predicted molar refractivity (Wildman–Crippen MR) is 101 cm³/mol. The summed E-state index contributed by atoms with van der Waals surface area (Å²) in [7, 11) is 0. The van der Waals surface area contributed by atoms with E-state index in [9.17, 15) is 4.79 Å². The summed E-state index contributed by atoms with van der Waals surface area (Å²) >= 11 is 7.24. The Morgan fingerprint density at radius 3 is 2.83 bits per heavy atom. The van der Waals surface area contributed by atoms with Gasteiger partial charge in [-0.2, -0.15) is 0 Å². The van der Waals surface area contributed by atoms with E-state index >= 15 is 0 Å². The zero-order valence-corrected chi connectivity index (χ0v) is 15.3. The van der Waals surface area contributed by atoms with E-state index in [4.69, 9.17) is 11.6 Å². The molecule has 0 radical (unpaired) electrons. The van der Waals surface area contributed by atoms with Gasteiger partial charge in [-0.15, -0.1) is 11.3 Å². The molecular formula is C19H23ClN2OS. The third-order valence-corrected chi connectivity index (χ3v) is 5.65. The number of hydrogen-bond donors (Lipinski definition) is 1. The molecule has 1 fully saturated rings. The second kappa shape index (κ2) is 8.65. The normalized spacial score (nSPS) is 18.5. The second-order valence-electron chi connectivity index (χ2n) is 6.31. The van der Waals surface area contributed by atoms with Crippen LogP contribution in [0.2, 0.25) is 4.34 Å². The van der Waals surface area contributed by atoms with Crippen molar-refractivity contribution >= 4 is 28.8 Å². The lowest BCUT2D eigenvalue weighted by Gasteiger charge is -2.33. The van der Waals surface area contributed by atoms with Crippen molar-refractivity contribution in [2.75, 3.05) is 19.6 Å². The molecule has 3 rings (SSSR count). The Balaban J connectivity index is 1.43. The first-order chi connectivity index (χ1) is 11.7. The Morgan fingerprint density at radius 2 is 2.08 bits per heavy atom. The maximum absolute atomic E-state index is 12.3. The van der Waals surface area contributed by atoms with Gasteiger partial charge in [0.25, 0.3) is 5.91 Å². The number of hydrogen-bond acceptors (Lipinski definition) is 3. The van der Waals surface area contributed by atoms with E-state index in [1.807, 2.05) is 0 Å². The number of likely N-dealkylation sites (tertiary alicyclic amines) is 1. The van der Waals surface area contributed by atoms with Gasteiger partial charge in [0, 0.05) is 12.6 Å². The lowest BCUT2D eigenvalue weighted by molar-refractivity contribution is 0.0907. The minimum Gasteiger partial charge on any atom is -0.347 e. The molecule has 2 aromatic rings. The molecule has 1 aliphatic rings. The van der Waals surface area contributed by atoms with E-state index in [-0.39, 0.29) is 11.9 Å². The van der Waals surface area contributed by atoms with E-state index < -0.39 is 0 Å². The number of aryl methyl sites for hydroxylation is 1. The third kappa shape index (κ3) is 5.07. The van der Waals surface area contributed by atoms with Crippen molar-refractivity contribution in [3.8, 4) is 0 Å². The van der Waals surface area contributed by atoms with Crippen LogP contribution < -0.4 is 5.32 Å². The summed E-state index contributed by atoms with van der Waals surface area (Å²) in [6, 6.07) is 14.4. The lowest BCUT2D eigenvalue weighted by Crippen LogP contribution is -2.47. The minimum absolute atomic E-state index is 0.00281. The lowest BCUT2D eigenvalue weighted by atomic mass is 10.0. The highest BCUT2D eigenvalue weighted by atomic mass is 35.5. The van der Waals surface area contributed by atoms with Gasteiger partial charge in [-0.25, -0.2) is 0 Å². The zero-order valence-electron chi connectivity index (χ0n) is 13.7. The molecule has 128 valence electrons. The van der Waals surface area contributed by atoms with Crippen molar-refractivity contribution in [3.63, 3.8) is 0 Å². The summed E-state index contributed by atoms with van der Waals surface area (Å²) in [5.41, 5.74) is 1.40. The fraction of sp³-hybridized carbons (Fsp3) is 0.421. The van der Waals surface area contributed by atoms with Crippen LogP contribution in [0.3, 0.4) is 0 Å². The largest absolute Gasteiger partial charge is 0.347 e. The average Bonchev–Trinajstić information content (AvgIpc) is 3.03. The summed E-state index contributed by atoms with van der Waals surface area (Å²) in [4.78, 5) is 15.4. The van der Waals surface area contributed by atoms with Crippen LogP contribution in [0.5, 0.6) is 0 Å². The highest BCUT2D eigenvalue weighted by molar-refractivity contribution is 7.17. The van der Waals surface area contributed by atoms with E-state index in [1.165, 1.54) is 16.9 Å². The van der Waals surface area contributed by atoms with E-state index in [2.05, 4.69) is 40.5 Å². The number of benzene rings is 1. The Labute approximate surface area is 152 Å². The molecule has 1 atom stereocenters. The fourth-order valence-corrected chi connectivity index (χ4v) is 4.17. The summed E-state index contributed by atoms with van der Waals surface area (Å²) in [6.45, 7) is 3.16. The molecule has 0 spiro atoms. The van der Waals surface area contributed by atoms with Gasteiger partial charge < -0.3 is 10.2 Å². The number of nitrogens with one attached hydrogen (secondary N) is 1. The molecule has 0 aliphatic carbocycles. The Bertz CT molecular complexity index is 658. The van der Waals surface area contributed by atoms with Crippen molar-refractivity contribution in [2.24, 2.45) is 0 Å². The number of rotatable bonds is 6. The number of halogens is 1. The van der Waals surface area contributed by atoms with Crippen LogP contribution in [0, 0.1) is 0 Å². The van der Waals surface area contributed by atoms with Gasteiger partial charge in [0.15, 0.2) is 0 Å². The molecule has 2 heterocycles. The van der Waals surface area contributed by atoms with Gasteiger partial charge in [0.05, 0.1) is 9.21 Å². The average molecular weight is 363 g/mol. The summed E-state index contributed by atoms with van der Waals surface area (Å²) in [5.74, 6) is 0.00281. The molecule has 1 amide bonds. The van der Waals surface area contributed by atoms with Crippen LogP contribution in [0.1, 0.15) is 34.5 Å². The maximum Gasteiger partial charge on any atom is 0.261 e. The second-order valence-corrected chi connectivity index (χ2v) is 8.02. The van der Waals surface area contributed by atoms with Crippen LogP contribution in [0.15, 0.2) is 42.5 Å². The minimum atomic E-state index is 0.00281. The van der Waals surface area contributed by atoms with Crippen molar-refractivity contribution in [2.45, 2.75) is 31.7 Å². The molecule has 1 aliphatic heterocycles. The summed E-state index contributed by atoms with van der Waals surface area (Å²) in [6.07, 6.45) is 4.47. The molecule has 3 nitrogen and oxygen atoms in total. The predicted octanol–water partition coefficient (Wildman–Crippen LogP) is 4.23. The monoisotopic (exact) mass is 362 g/mol. The number of carbonyl (C=O) groups is 1. The Kier molecular flexibility index (Phi) is 6.30. The summed E-state index contributed by atoms with van der Waals surface area (Å²) in [5, 5.41) is 3.16. The van der Waals surface area contributed by atoms with Gasteiger partial charge in [-0.05, 0) is 56.5 Å². The van der Waals surface area contributed by atoms with Crippen LogP contribution in [-0.4, -0.2) is 36.5 Å².